The van der Waals surface area contributed by atoms with Crippen molar-refractivity contribution in [2.24, 2.45) is 0 Å². The van der Waals surface area contributed by atoms with Crippen LogP contribution in [0.3, 0.4) is 0 Å². The molecule has 16 heavy (non-hydrogen) atoms. The predicted molar refractivity (Wildman–Crippen MR) is 62.9 cm³/mol. The first-order valence-electron chi connectivity index (χ1n) is 4.85. The van der Waals surface area contributed by atoms with Crippen LogP contribution >= 0.6 is 22.9 Å². The molecule has 0 spiro atoms. The first kappa shape index (κ1) is 11.3. The molecule has 0 aliphatic heterocycles. The molecule has 86 valence electrons. The molecule has 0 bridgehead atoms. The molecule has 0 radical (unpaired) electrons. The molecule has 0 fully saturated rings. The van der Waals surface area contributed by atoms with Crippen molar-refractivity contribution >= 4 is 29.0 Å². The summed E-state index contributed by atoms with van der Waals surface area (Å²) in [6, 6.07) is 0.402. The first-order chi connectivity index (χ1) is 7.75. The Morgan fingerprint density at radius 2 is 2.44 bits per heavy atom. The maximum Gasteiger partial charge on any atom is 0.315 e. The molecule has 0 aliphatic rings. The molecule has 5 nitrogen and oxygen atoms in total. The van der Waals surface area contributed by atoms with Gasteiger partial charge in [-0.1, -0.05) is 5.10 Å². The fraction of sp³-hybridized carbons (Fsp3) is 0.444. The lowest BCUT2D eigenvalue weighted by molar-refractivity contribution is 0.506. The maximum atomic E-state index is 5.80. The number of halogens is 1. The van der Waals surface area contributed by atoms with Crippen LogP contribution in [0.1, 0.15) is 23.2 Å². The van der Waals surface area contributed by atoms with E-state index in [1.807, 2.05) is 5.38 Å². The van der Waals surface area contributed by atoms with E-state index >= 15 is 0 Å². The molecule has 7 heteroatoms. The predicted octanol–water partition coefficient (Wildman–Crippen LogP) is 2.48. The summed E-state index contributed by atoms with van der Waals surface area (Å²) in [5.41, 5.74) is 0. The Kier molecular flexibility index (Phi) is 3.74. The van der Waals surface area contributed by atoms with Crippen molar-refractivity contribution in [3.05, 3.63) is 22.5 Å². The normalized spacial score (nSPS) is 12.6. The molecule has 2 aromatic heterocycles. The van der Waals surface area contributed by atoms with E-state index in [4.69, 9.17) is 16.0 Å². The summed E-state index contributed by atoms with van der Waals surface area (Å²) in [6.45, 7) is 2.50. The zero-order chi connectivity index (χ0) is 11.4. The van der Waals surface area contributed by atoms with Crippen molar-refractivity contribution in [2.75, 3.05) is 11.9 Å². The van der Waals surface area contributed by atoms with E-state index in [2.05, 4.69) is 20.5 Å². The molecule has 1 unspecified atom stereocenters. The Hall–Kier alpha value is -1.14. The first-order valence-corrected chi connectivity index (χ1v) is 6.17. The van der Waals surface area contributed by atoms with Crippen LogP contribution < -0.4 is 5.32 Å². The quantitative estimate of drug-likeness (QED) is 0.835. The molecular formula is C9H11ClN4OS. The van der Waals surface area contributed by atoms with Crippen molar-refractivity contribution in [3.63, 3.8) is 0 Å². The van der Waals surface area contributed by atoms with Crippen LogP contribution in [0.5, 0.6) is 0 Å². The van der Waals surface area contributed by atoms with Crippen LogP contribution in [0, 0.1) is 0 Å². The van der Waals surface area contributed by atoms with Gasteiger partial charge in [-0.3, -0.25) is 0 Å². The van der Waals surface area contributed by atoms with E-state index < -0.39 is 0 Å². The second kappa shape index (κ2) is 5.27. The number of hydrogen-bond donors (Lipinski definition) is 1. The molecule has 2 rings (SSSR count). The summed E-state index contributed by atoms with van der Waals surface area (Å²) in [7, 11) is 0. The van der Waals surface area contributed by atoms with Gasteiger partial charge in [0.15, 0.2) is 0 Å². The lowest BCUT2D eigenvalue weighted by atomic mass is 10.4. The average molecular weight is 259 g/mol. The van der Waals surface area contributed by atoms with E-state index in [9.17, 15) is 0 Å². The van der Waals surface area contributed by atoms with Gasteiger partial charge >= 0.3 is 6.01 Å². The number of anilines is 1. The van der Waals surface area contributed by atoms with Crippen LogP contribution in [-0.4, -0.2) is 21.7 Å². The van der Waals surface area contributed by atoms with Crippen LogP contribution in [0.15, 0.2) is 16.0 Å². The minimum atomic E-state index is -0.262. The summed E-state index contributed by atoms with van der Waals surface area (Å²) in [5, 5.41) is 13.4. The summed E-state index contributed by atoms with van der Waals surface area (Å²) in [5.74, 6) is 0.429. The molecule has 0 aliphatic carbocycles. The third-order valence-corrected chi connectivity index (χ3v) is 2.91. The molecule has 1 atom stereocenters. The topological polar surface area (TPSA) is 63.8 Å². The summed E-state index contributed by atoms with van der Waals surface area (Å²) < 4.78 is 5.28. The lowest BCUT2D eigenvalue weighted by Crippen LogP contribution is -2.04. The largest absolute Gasteiger partial charge is 0.407 e. The van der Waals surface area contributed by atoms with Gasteiger partial charge in [0.1, 0.15) is 5.38 Å². The smallest absolute Gasteiger partial charge is 0.315 e. The van der Waals surface area contributed by atoms with E-state index in [0.717, 1.165) is 11.4 Å². The zero-order valence-electron chi connectivity index (χ0n) is 8.68. The average Bonchev–Trinajstić information content (AvgIpc) is 2.87. The van der Waals surface area contributed by atoms with Crippen LogP contribution in [0.25, 0.3) is 0 Å². The number of alkyl halides is 1. The highest BCUT2D eigenvalue weighted by Gasteiger charge is 2.10. The van der Waals surface area contributed by atoms with Gasteiger partial charge in [-0.05, 0) is 6.92 Å². The molecule has 2 aromatic rings. The van der Waals surface area contributed by atoms with Crippen LogP contribution in [0.4, 0.5) is 6.01 Å². The third-order valence-electron chi connectivity index (χ3n) is 1.88. The Morgan fingerprint density at radius 1 is 1.56 bits per heavy atom. The van der Waals surface area contributed by atoms with Gasteiger partial charge in [0.05, 0.1) is 5.01 Å². The standard InChI is InChI=1S/C9H11ClN4OS/c1-6(10)8-13-14-9(15-8)12-3-2-7-11-4-5-16-7/h4-6H,2-3H2,1H3,(H,12,14). The van der Waals surface area contributed by atoms with Crippen LogP contribution in [0.2, 0.25) is 0 Å². The monoisotopic (exact) mass is 258 g/mol. The lowest BCUT2D eigenvalue weighted by Gasteiger charge is -1.98. The van der Waals surface area contributed by atoms with Crippen molar-refractivity contribution in [1.29, 1.82) is 0 Å². The maximum absolute atomic E-state index is 5.80. The van der Waals surface area contributed by atoms with E-state index in [1.165, 1.54) is 0 Å². The van der Waals surface area contributed by atoms with Gasteiger partial charge in [-0.2, -0.15) is 0 Å². The van der Waals surface area contributed by atoms with E-state index in [1.54, 1.807) is 24.5 Å². The number of nitrogens with one attached hydrogen (secondary N) is 1. The van der Waals surface area contributed by atoms with Crippen molar-refractivity contribution < 1.29 is 4.42 Å². The van der Waals surface area contributed by atoms with Gasteiger partial charge in [0.2, 0.25) is 5.89 Å². The van der Waals surface area contributed by atoms with Gasteiger partial charge in [0, 0.05) is 24.5 Å². The van der Waals surface area contributed by atoms with E-state index in [-0.39, 0.29) is 5.38 Å². The SMILES string of the molecule is CC(Cl)c1nnc(NCCc2nccs2)o1. The van der Waals surface area contributed by atoms with Gasteiger partial charge in [-0.15, -0.1) is 28.0 Å². The molecule has 2 heterocycles. The number of hydrogen-bond acceptors (Lipinski definition) is 6. The second-order valence-corrected chi connectivity index (χ2v) is 4.80. The van der Waals surface area contributed by atoms with Gasteiger partial charge < -0.3 is 9.73 Å². The fourth-order valence-electron chi connectivity index (χ4n) is 1.12. The summed E-state index contributed by atoms with van der Waals surface area (Å²) in [6.07, 6.45) is 2.63. The minimum absolute atomic E-state index is 0.262. The van der Waals surface area contributed by atoms with Crippen LogP contribution in [-0.2, 0) is 6.42 Å². The number of nitrogens with zero attached hydrogens (tertiary/aromatic N) is 3. The van der Waals surface area contributed by atoms with Gasteiger partial charge in [-0.25, -0.2) is 4.98 Å². The molecule has 0 aromatic carbocycles. The number of thiazole rings is 1. The third kappa shape index (κ3) is 2.93. The highest BCUT2D eigenvalue weighted by atomic mass is 35.5. The molecule has 0 saturated heterocycles. The summed E-state index contributed by atoms with van der Waals surface area (Å²) in [4.78, 5) is 4.17. The molecule has 0 amide bonds. The molecule has 1 N–H and O–H groups in total. The molecule has 0 saturated carbocycles. The van der Waals surface area contributed by atoms with Crippen molar-refractivity contribution in [3.8, 4) is 0 Å². The van der Waals surface area contributed by atoms with Crippen molar-refractivity contribution in [1.82, 2.24) is 15.2 Å². The van der Waals surface area contributed by atoms with Crippen molar-refractivity contribution in [2.45, 2.75) is 18.7 Å². The summed E-state index contributed by atoms with van der Waals surface area (Å²) >= 11 is 7.43. The Bertz CT molecular complexity index is 428. The zero-order valence-corrected chi connectivity index (χ0v) is 10.3. The van der Waals surface area contributed by atoms with E-state index in [0.29, 0.717) is 18.5 Å². The Balaban J connectivity index is 1.81. The second-order valence-electron chi connectivity index (χ2n) is 3.16. The minimum Gasteiger partial charge on any atom is -0.407 e. The number of rotatable bonds is 5. The molecular weight excluding hydrogens is 248 g/mol. The number of aromatic nitrogens is 3. The van der Waals surface area contributed by atoms with Gasteiger partial charge in [0.25, 0.3) is 0 Å². The fourth-order valence-corrected chi connectivity index (χ4v) is 1.83. The highest BCUT2D eigenvalue weighted by molar-refractivity contribution is 7.09. The Morgan fingerprint density at radius 3 is 3.06 bits per heavy atom. The Labute approximate surface area is 102 Å². The highest BCUT2D eigenvalue weighted by Crippen LogP contribution is 2.19.